The Morgan fingerprint density at radius 3 is 2.96 bits per heavy atom. The van der Waals surface area contributed by atoms with Gasteiger partial charge in [-0.1, -0.05) is 11.2 Å². The summed E-state index contributed by atoms with van der Waals surface area (Å²) in [6.07, 6.45) is 6.20. The van der Waals surface area contributed by atoms with Gasteiger partial charge in [0.1, 0.15) is 12.2 Å². The van der Waals surface area contributed by atoms with Crippen LogP contribution in [0.1, 0.15) is 5.89 Å². The number of pyridine rings is 2. The lowest BCUT2D eigenvalue weighted by Gasteiger charge is -2.02. The number of aromatic nitrogens is 6. The van der Waals surface area contributed by atoms with Gasteiger partial charge in [-0.3, -0.25) is 19.3 Å². The Hall–Kier alpha value is -3.42. The molecule has 0 aliphatic heterocycles. The lowest BCUT2D eigenvalue weighted by Crippen LogP contribution is -2.21. The highest BCUT2D eigenvalue weighted by atomic mass is 16.5. The quantitative estimate of drug-likeness (QED) is 0.562. The van der Waals surface area contributed by atoms with Gasteiger partial charge in [-0.05, 0) is 18.2 Å². The van der Waals surface area contributed by atoms with E-state index in [0.717, 1.165) is 0 Å². The molecule has 0 amide bonds. The van der Waals surface area contributed by atoms with Gasteiger partial charge >= 0.3 is 0 Å². The zero-order valence-corrected chi connectivity index (χ0v) is 11.8. The summed E-state index contributed by atoms with van der Waals surface area (Å²) >= 11 is 0. The first-order valence-corrected chi connectivity index (χ1v) is 6.84. The molecule has 8 nitrogen and oxygen atoms in total. The average Bonchev–Trinajstić information content (AvgIpc) is 3.07. The Morgan fingerprint density at radius 1 is 1.13 bits per heavy atom. The standard InChI is InChI=1S/C15H10N6O2/c22-15-10-4-6-16-7-12(10)18-9-21(15)8-13-19-14(20-23-13)11-3-1-2-5-17-11/h1-7,9H,8H2. The van der Waals surface area contributed by atoms with Gasteiger partial charge in [0.25, 0.3) is 5.56 Å². The summed E-state index contributed by atoms with van der Waals surface area (Å²) in [6.45, 7) is 0.143. The monoisotopic (exact) mass is 306 g/mol. The van der Waals surface area contributed by atoms with E-state index in [1.165, 1.54) is 10.9 Å². The number of fused-ring (bicyclic) bond motifs is 1. The lowest BCUT2D eigenvalue weighted by atomic mass is 10.3. The fourth-order valence-electron chi connectivity index (χ4n) is 2.19. The Morgan fingerprint density at radius 2 is 2.09 bits per heavy atom. The predicted octanol–water partition coefficient (Wildman–Crippen LogP) is 1.28. The normalized spacial score (nSPS) is 11.0. The van der Waals surface area contributed by atoms with Crippen LogP contribution in [-0.4, -0.2) is 29.7 Å². The zero-order valence-electron chi connectivity index (χ0n) is 11.8. The van der Waals surface area contributed by atoms with Gasteiger partial charge in [-0.2, -0.15) is 4.98 Å². The lowest BCUT2D eigenvalue weighted by molar-refractivity contribution is 0.369. The van der Waals surface area contributed by atoms with Crippen molar-refractivity contribution in [3.8, 4) is 11.5 Å². The Balaban J connectivity index is 1.68. The van der Waals surface area contributed by atoms with Crippen LogP contribution in [0, 0.1) is 0 Å². The maximum atomic E-state index is 12.4. The minimum absolute atomic E-state index is 0.143. The summed E-state index contributed by atoms with van der Waals surface area (Å²) in [6, 6.07) is 7.06. The number of nitrogens with zero attached hydrogens (tertiary/aromatic N) is 6. The van der Waals surface area contributed by atoms with Gasteiger partial charge in [0.05, 0.1) is 23.4 Å². The second-order valence-corrected chi connectivity index (χ2v) is 4.80. The van der Waals surface area contributed by atoms with Crippen molar-refractivity contribution in [2.24, 2.45) is 0 Å². The van der Waals surface area contributed by atoms with Crippen LogP contribution in [0.4, 0.5) is 0 Å². The smallest absolute Gasteiger partial charge is 0.261 e. The van der Waals surface area contributed by atoms with Crippen molar-refractivity contribution in [3.05, 3.63) is 65.4 Å². The fraction of sp³-hybridized carbons (Fsp3) is 0.0667. The molecule has 0 aliphatic carbocycles. The van der Waals surface area contributed by atoms with Crippen LogP contribution in [0.5, 0.6) is 0 Å². The minimum Gasteiger partial charge on any atom is -0.337 e. The largest absolute Gasteiger partial charge is 0.337 e. The Labute approximate surface area is 129 Å². The van der Waals surface area contributed by atoms with Crippen LogP contribution < -0.4 is 5.56 Å². The van der Waals surface area contributed by atoms with Crippen molar-refractivity contribution in [3.63, 3.8) is 0 Å². The second kappa shape index (κ2) is 5.41. The maximum Gasteiger partial charge on any atom is 0.261 e. The van der Waals surface area contributed by atoms with Gasteiger partial charge in [0, 0.05) is 12.4 Å². The van der Waals surface area contributed by atoms with Gasteiger partial charge < -0.3 is 4.52 Å². The first kappa shape index (κ1) is 13.3. The highest BCUT2D eigenvalue weighted by Gasteiger charge is 2.11. The van der Waals surface area contributed by atoms with E-state index in [2.05, 4.69) is 25.1 Å². The van der Waals surface area contributed by atoms with Crippen LogP contribution in [0.2, 0.25) is 0 Å². The van der Waals surface area contributed by atoms with Crippen molar-refractivity contribution in [1.82, 2.24) is 29.7 Å². The minimum atomic E-state index is -0.185. The molecule has 0 bridgehead atoms. The van der Waals surface area contributed by atoms with Gasteiger partial charge in [0.2, 0.25) is 11.7 Å². The zero-order chi connectivity index (χ0) is 15.6. The number of hydrogen-bond donors (Lipinski definition) is 0. The molecule has 0 spiro atoms. The molecule has 4 heterocycles. The summed E-state index contributed by atoms with van der Waals surface area (Å²) in [4.78, 5) is 29.0. The molecular formula is C15H10N6O2. The molecule has 0 fully saturated rings. The van der Waals surface area contributed by atoms with E-state index in [9.17, 15) is 4.79 Å². The molecule has 0 unspecified atom stereocenters. The number of rotatable bonds is 3. The van der Waals surface area contributed by atoms with E-state index in [1.54, 1.807) is 36.8 Å². The molecule has 4 aromatic rings. The third-order valence-corrected chi connectivity index (χ3v) is 3.30. The highest BCUT2D eigenvalue weighted by molar-refractivity contribution is 5.75. The predicted molar refractivity (Wildman–Crippen MR) is 80.4 cm³/mol. The Kier molecular flexibility index (Phi) is 3.12. The van der Waals surface area contributed by atoms with E-state index in [0.29, 0.717) is 28.3 Å². The molecular weight excluding hydrogens is 296 g/mol. The molecule has 0 aliphatic rings. The average molecular weight is 306 g/mol. The van der Waals surface area contributed by atoms with Crippen LogP contribution in [0.15, 0.2) is 58.5 Å². The summed E-state index contributed by atoms with van der Waals surface area (Å²) < 4.78 is 6.60. The summed E-state index contributed by atoms with van der Waals surface area (Å²) in [5.41, 5.74) is 0.973. The number of hydrogen-bond acceptors (Lipinski definition) is 7. The van der Waals surface area contributed by atoms with Crippen molar-refractivity contribution >= 4 is 10.9 Å². The third kappa shape index (κ3) is 2.46. The summed E-state index contributed by atoms with van der Waals surface area (Å²) in [7, 11) is 0. The molecule has 0 N–H and O–H groups in total. The van der Waals surface area contributed by atoms with E-state index in [1.807, 2.05) is 6.07 Å². The van der Waals surface area contributed by atoms with Crippen molar-refractivity contribution in [2.75, 3.05) is 0 Å². The molecule has 0 radical (unpaired) electrons. The molecule has 4 aromatic heterocycles. The van der Waals surface area contributed by atoms with Crippen LogP contribution >= 0.6 is 0 Å². The van der Waals surface area contributed by atoms with E-state index in [-0.39, 0.29) is 12.1 Å². The van der Waals surface area contributed by atoms with E-state index in [4.69, 9.17) is 4.52 Å². The molecule has 0 saturated carbocycles. The van der Waals surface area contributed by atoms with Gasteiger partial charge in [-0.15, -0.1) is 0 Å². The van der Waals surface area contributed by atoms with Crippen molar-refractivity contribution in [1.29, 1.82) is 0 Å². The first-order valence-electron chi connectivity index (χ1n) is 6.84. The highest BCUT2D eigenvalue weighted by Crippen LogP contribution is 2.12. The SMILES string of the molecule is O=c1c2ccncc2ncn1Cc1nc(-c2ccccn2)no1. The summed E-state index contributed by atoms with van der Waals surface area (Å²) in [5.74, 6) is 0.689. The fourth-order valence-corrected chi connectivity index (χ4v) is 2.19. The molecule has 8 heteroatoms. The van der Waals surface area contributed by atoms with Crippen molar-refractivity contribution < 1.29 is 4.52 Å². The van der Waals surface area contributed by atoms with Gasteiger partial charge in [-0.25, -0.2) is 4.98 Å². The molecule has 0 atom stereocenters. The molecule has 112 valence electrons. The van der Waals surface area contributed by atoms with Crippen LogP contribution in [0.3, 0.4) is 0 Å². The summed E-state index contributed by atoms with van der Waals surface area (Å²) in [5, 5.41) is 4.37. The van der Waals surface area contributed by atoms with Crippen molar-refractivity contribution in [2.45, 2.75) is 6.54 Å². The molecule has 4 rings (SSSR count). The second-order valence-electron chi connectivity index (χ2n) is 4.80. The third-order valence-electron chi connectivity index (χ3n) is 3.30. The maximum absolute atomic E-state index is 12.4. The Bertz CT molecular complexity index is 1020. The first-order chi connectivity index (χ1) is 11.3. The molecule has 23 heavy (non-hydrogen) atoms. The topological polar surface area (TPSA) is 99.6 Å². The molecule has 0 saturated heterocycles. The molecule has 0 aromatic carbocycles. The van der Waals surface area contributed by atoms with Gasteiger partial charge in [0.15, 0.2) is 0 Å². The van der Waals surface area contributed by atoms with E-state index < -0.39 is 0 Å². The van der Waals surface area contributed by atoms with E-state index >= 15 is 0 Å². The van der Waals surface area contributed by atoms with Crippen LogP contribution in [0.25, 0.3) is 22.4 Å². The van der Waals surface area contributed by atoms with Crippen LogP contribution in [-0.2, 0) is 6.54 Å².